The minimum absolute atomic E-state index is 0.253. The molecular weight excluding hydrogens is 276 g/mol. The van der Waals surface area contributed by atoms with Crippen LogP contribution in [0.25, 0.3) is 0 Å². The number of hydrogen-bond acceptors (Lipinski definition) is 5. The lowest BCUT2D eigenvalue weighted by Crippen LogP contribution is -2.45. The Labute approximate surface area is 123 Å². The average molecular weight is 296 g/mol. The summed E-state index contributed by atoms with van der Waals surface area (Å²) in [5.74, 6) is 0.0935. The van der Waals surface area contributed by atoms with Crippen LogP contribution in [0.1, 0.15) is 19.4 Å². The van der Waals surface area contributed by atoms with Crippen molar-refractivity contribution in [2.45, 2.75) is 26.6 Å². The molecule has 3 N–H and O–H groups in total. The third-order valence-corrected chi connectivity index (χ3v) is 2.69. The van der Waals surface area contributed by atoms with Gasteiger partial charge in [0.15, 0.2) is 17.6 Å². The van der Waals surface area contributed by atoms with Crippen molar-refractivity contribution in [3.05, 3.63) is 23.8 Å². The molecule has 21 heavy (non-hydrogen) atoms. The van der Waals surface area contributed by atoms with Crippen LogP contribution in [0, 0.1) is 0 Å². The molecule has 1 rings (SSSR count). The Morgan fingerprint density at radius 3 is 2.67 bits per heavy atom. The van der Waals surface area contributed by atoms with E-state index in [0.717, 1.165) is 0 Å². The van der Waals surface area contributed by atoms with Crippen LogP contribution in [0.4, 0.5) is 4.79 Å². The molecule has 3 amide bonds. The quantitative estimate of drug-likeness (QED) is 0.721. The van der Waals surface area contributed by atoms with E-state index in [1.165, 1.54) is 14.0 Å². The summed E-state index contributed by atoms with van der Waals surface area (Å²) in [5.41, 5.74) is 0.493. The molecule has 7 heteroatoms. The monoisotopic (exact) mass is 296 g/mol. The Balaban J connectivity index is 2.80. The Morgan fingerprint density at radius 2 is 2.10 bits per heavy atom. The number of para-hydroxylation sites is 1. The smallest absolute Gasteiger partial charge is 0.321 e. The minimum Gasteiger partial charge on any atom is -0.493 e. The first-order chi connectivity index (χ1) is 10.0. The molecule has 0 aliphatic heterocycles. The summed E-state index contributed by atoms with van der Waals surface area (Å²) in [6, 6.07) is 4.44. The number of rotatable bonds is 6. The number of aliphatic hydroxyl groups is 1. The standard InChI is InChI=1S/C14H20N2O5/c1-4-15-14(19)16-13(18)9(2)21-12-10(8-17)6-5-7-11(12)20-3/h5-7,9,17H,4,8H2,1-3H3,(H2,15,16,18,19). The molecule has 1 aromatic carbocycles. The van der Waals surface area contributed by atoms with Gasteiger partial charge in [0.2, 0.25) is 0 Å². The highest BCUT2D eigenvalue weighted by Gasteiger charge is 2.20. The largest absolute Gasteiger partial charge is 0.493 e. The van der Waals surface area contributed by atoms with E-state index in [4.69, 9.17) is 9.47 Å². The third-order valence-electron chi connectivity index (χ3n) is 2.69. The molecule has 0 saturated heterocycles. The molecule has 0 aromatic heterocycles. The number of ether oxygens (including phenoxy) is 2. The molecule has 0 radical (unpaired) electrons. The second-order valence-electron chi connectivity index (χ2n) is 4.22. The van der Waals surface area contributed by atoms with Gasteiger partial charge in [-0.25, -0.2) is 4.79 Å². The molecule has 0 bridgehead atoms. The number of carbonyl (C=O) groups is 2. The molecule has 1 unspecified atom stereocenters. The zero-order chi connectivity index (χ0) is 15.8. The van der Waals surface area contributed by atoms with Crippen LogP contribution in [-0.2, 0) is 11.4 Å². The lowest BCUT2D eigenvalue weighted by atomic mass is 10.2. The summed E-state index contributed by atoms with van der Waals surface area (Å²) in [6.07, 6.45) is -0.922. The molecule has 0 aliphatic rings. The van der Waals surface area contributed by atoms with E-state index in [0.29, 0.717) is 17.9 Å². The number of urea groups is 1. The van der Waals surface area contributed by atoms with Crippen LogP contribution in [0.2, 0.25) is 0 Å². The maximum Gasteiger partial charge on any atom is 0.321 e. The van der Waals surface area contributed by atoms with E-state index in [2.05, 4.69) is 10.6 Å². The van der Waals surface area contributed by atoms with Crippen LogP contribution in [0.3, 0.4) is 0 Å². The number of benzene rings is 1. The van der Waals surface area contributed by atoms with Crippen LogP contribution >= 0.6 is 0 Å². The van der Waals surface area contributed by atoms with Crippen LogP contribution in [0.15, 0.2) is 18.2 Å². The first kappa shape index (κ1) is 16.8. The van der Waals surface area contributed by atoms with E-state index in [1.54, 1.807) is 25.1 Å². The van der Waals surface area contributed by atoms with Crippen molar-refractivity contribution in [1.29, 1.82) is 0 Å². The number of carbonyl (C=O) groups excluding carboxylic acids is 2. The van der Waals surface area contributed by atoms with Crippen LogP contribution in [-0.4, -0.2) is 36.8 Å². The van der Waals surface area contributed by atoms with Gasteiger partial charge in [-0.2, -0.15) is 0 Å². The number of imide groups is 1. The second kappa shape index (κ2) is 8.11. The van der Waals surface area contributed by atoms with Gasteiger partial charge in [0.05, 0.1) is 13.7 Å². The van der Waals surface area contributed by atoms with Crippen molar-refractivity contribution in [2.24, 2.45) is 0 Å². The fourth-order valence-corrected chi connectivity index (χ4v) is 1.63. The summed E-state index contributed by atoms with van der Waals surface area (Å²) in [5, 5.41) is 13.9. The van der Waals surface area contributed by atoms with Gasteiger partial charge in [0.25, 0.3) is 5.91 Å². The molecule has 7 nitrogen and oxygen atoms in total. The van der Waals surface area contributed by atoms with Gasteiger partial charge in [0.1, 0.15) is 0 Å². The van der Waals surface area contributed by atoms with Gasteiger partial charge in [-0.05, 0) is 19.9 Å². The Kier molecular flexibility index (Phi) is 6.48. The Bertz CT molecular complexity index is 482. The van der Waals surface area contributed by atoms with Gasteiger partial charge >= 0.3 is 6.03 Å². The van der Waals surface area contributed by atoms with Gasteiger partial charge in [-0.3, -0.25) is 10.1 Å². The highest BCUT2D eigenvalue weighted by atomic mass is 16.5. The lowest BCUT2D eigenvalue weighted by Gasteiger charge is -2.18. The fraction of sp³-hybridized carbons (Fsp3) is 0.429. The Morgan fingerprint density at radius 1 is 1.38 bits per heavy atom. The topological polar surface area (TPSA) is 96.9 Å². The van der Waals surface area contributed by atoms with Gasteiger partial charge < -0.3 is 19.9 Å². The highest BCUT2D eigenvalue weighted by Crippen LogP contribution is 2.31. The maximum atomic E-state index is 11.8. The molecule has 0 heterocycles. The number of aliphatic hydroxyl groups excluding tert-OH is 1. The molecule has 0 aliphatic carbocycles. The number of methoxy groups -OCH3 is 1. The van der Waals surface area contributed by atoms with Gasteiger partial charge in [-0.15, -0.1) is 0 Å². The van der Waals surface area contributed by atoms with Crippen molar-refractivity contribution >= 4 is 11.9 Å². The normalized spacial score (nSPS) is 11.4. The van der Waals surface area contributed by atoms with Crippen LogP contribution < -0.4 is 20.1 Å². The third kappa shape index (κ3) is 4.64. The molecule has 0 fully saturated rings. The predicted octanol–water partition coefficient (Wildman–Crippen LogP) is 0.800. The molecule has 1 aromatic rings. The fourth-order valence-electron chi connectivity index (χ4n) is 1.63. The van der Waals surface area contributed by atoms with Crippen molar-refractivity contribution in [1.82, 2.24) is 10.6 Å². The van der Waals surface area contributed by atoms with E-state index >= 15 is 0 Å². The lowest BCUT2D eigenvalue weighted by molar-refractivity contribution is -0.126. The Hall–Kier alpha value is -2.28. The van der Waals surface area contributed by atoms with Crippen molar-refractivity contribution < 1.29 is 24.2 Å². The zero-order valence-corrected chi connectivity index (χ0v) is 12.3. The first-order valence-electron chi connectivity index (χ1n) is 6.55. The van der Waals surface area contributed by atoms with E-state index < -0.39 is 18.0 Å². The maximum absolute atomic E-state index is 11.8. The molecule has 116 valence electrons. The predicted molar refractivity (Wildman–Crippen MR) is 76.2 cm³/mol. The molecule has 0 spiro atoms. The van der Waals surface area contributed by atoms with E-state index in [-0.39, 0.29) is 12.4 Å². The molecule has 0 saturated carbocycles. The highest BCUT2D eigenvalue weighted by molar-refractivity contribution is 5.96. The van der Waals surface area contributed by atoms with Crippen molar-refractivity contribution in [3.63, 3.8) is 0 Å². The van der Waals surface area contributed by atoms with E-state index in [1.807, 2.05) is 0 Å². The molecular formula is C14H20N2O5. The summed E-state index contributed by atoms with van der Waals surface area (Å²) in [4.78, 5) is 23.1. The van der Waals surface area contributed by atoms with Gasteiger partial charge in [0, 0.05) is 12.1 Å². The van der Waals surface area contributed by atoms with Gasteiger partial charge in [-0.1, -0.05) is 12.1 Å². The molecule has 1 atom stereocenters. The summed E-state index contributed by atoms with van der Waals surface area (Å²) < 4.78 is 10.7. The van der Waals surface area contributed by atoms with Crippen LogP contribution in [0.5, 0.6) is 11.5 Å². The van der Waals surface area contributed by atoms with E-state index in [9.17, 15) is 14.7 Å². The summed E-state index contributed by atoms with van der Waals surface area (Å²) >= 11 is 0. The summed E-state index contributed by atoms with van der Waals surface area (Å²) in [7, 11) is 1.46. The number of nitrogens with one attached hydrogen (secondary N) is 2. The second-order valence-corrected chi connectivity index (χ2v) is 4.22. The average Bonchev–Trinajstić information content (AvgIpc) is 2.47. The number of hydrogen-bond donors (Lipinski definition) is 3. The first-order valence-corrected chi connectivity index (χ1v) is 6.55. The number of amides is 3. The SMILES string of the molecule is CCNC(=O)NC(=O)C(C)Oc1c(CO)cccc1OC. The van der Waals surface area contributed by atoms with Crippen molar-refractivity contribution in [3.8, 4) is 11.5 Å². The summed E-state index contributed by atoms with van der Waals surface area (Å²) in [6.45, 7) is 3.40. The minimum atomic E-state index is -0.922. The van der Waals surface area contributed by atoms with Crippen molar-refractivity contribution in [2.75, 3.05) is 13.7 Å². The zero-order valence-electron chi connectivity index (χ0n) is 12.3.